The highest BCUT2D eigenvalue weighted by Crippen LogP contribution is 2.59. The van der Waals surface area contributed by atoms with Crippen molar-refractivity contribution >= 4 is 11.6 Å². The van der Waals surface area contributed by atoms with Gasteiger partial charge in [0.2, 0.25) is 0 Å². The minimum atomic E-state index is -0.280. The number of benzene rings is 4. The molecule has 39 heavy (non-hydrogen) atoms. The molecule has 5 rings (SSSR count). The molecular formula is C33H31FO5. The SMILES string of the molecule is COc1ccc([C@@H]2c3c(OC)cc(OC)cc3/C(=C/c3ccc(F)cc3)[C@H]2c2cc(OC)cc(OC)c2)cc1. The van der Waals surface area contributed by atoms with Gasteiger partial charge in [-0.05, 0) is 70.3 Å². The van der Waals surface area contributed by atoms with Crippen molar-refractivity contribution in [2.75, 3.05) is 35.5 Å². The summed E-state index contributed by atoms with van der Waals surface area (Å²) in [5.41, 5.74) is 6.08. The van der Waals surface area contributed by atoms with Gasteiger partial charge in [-0.25, -0.2) is 4.39 Å². The van der Waals surface area contributed by atoms with Crippen molar-refractivity contribution in [2.45, 2.75) is 11.8 Å². The van der Waals surface area contributed by atoms with Gasteiger partial charge in [0.15, 0.2) is 0 Å². The molecular weight excluding hydrogens is 495 g/mol. The van der Waals surface area contributed by atoms with E-state index < -0.39 is 0 Å². The first-order valence-corrected chi connectivity index (χ1v) is 12.6. The highest BCUT2D eigenvalue weighted by Gasteiger charge is 2.41. The lowest BCUT2D eigenvalue weighted by molar-refractivity contribution is 0.389. The Morgan fingerprint density at radius 2 is 1.15 bits per heavy atom. The number of rotatable bonds is 8. The van der Waals surface area contributed by atoms with Gasteiger partial charge in [0.05, 0.1) is 35.5 Å². The first-order chi connectivity index (χ1) is 19.0. The van der Waals surface area contributed by atoms with Crippen molar-refractivity contribution in [3.8, 4) is 28.7 Å². The largest absolute Gasteiger partial charge is 0.497 e. The number of methoxy groups -OCH3 is 5. The lowest BCUT2D eigenvalue weighted by atomic mass is 9.79. The molecule has 5 nitrogen and oxygen atoms in total. The Hall–Kier alpha value is -4.45. The van der Waals surface area contributed by atoms with Crippen LogP contribution in [-0.2, 0) is 0 Å². The number of halogens is 1. The Balaban J connectivity index is 1.84. The fourth-order valence-corrected chi connectivity index (χ4v) is 5.42. The maximum Gasteiger partial charge on any atom is 0.127 e. The van der Waals surface area contributed by atoms with Crippen LogP contribution in [0, 0.1) is 5.82 Å². The third kappa shape index (κ3) is 5.02. The number of ether oxygens (including phenoxy) is 5. The van der Waals surface area contributed by atoms with Crippen LogP contribution in [0.25, 0.3) is 11.6 Å². The summed E-state index contributed by atoms with van der Waals surface area (Å²) in [7, 11) is 8.26. The molecule has 0 aliphatic heterocycles. The van der Waals surface area contributed by atoms with Gasteiger partial charge in [-0.1, -0.05) is 30.3 Å². The number of hydrogen-bond acceptors (Lipinski definition) is 5. The summed E-state index contributed by atoms with van der Waals surface area (Å²) >= 11 is 0. The number of allylic oxidation sites excluding steroid dienone is 1. The molecule has 2 atom stereocenters. The summed E-state index contributed by atoms with van der Waals surface area (Å²) in [5.74, 6) is 3.04. The lowest BCUT2D eigenvalue weighted by Gasteiger charge is -2.25. The van der Waals surface area contributed by atoms with Crippen LogP contribution in [-0.4, -0.2) is 35.5 Å². The lowest BCUT2D eigenvalue weighted by Crippen LogP contribution is -2.09. The molecule has 0 saturated heterocycles. The maximum atomic E-state index is 13.8. The number of fused-ring (bicyclic) bond motifs is 1. The van der Waals surface area contributed by atoms with Crippen LogP contribution in [0.4, 0.5) is 4.39 Å². The first kappa shape index (κ1) is 26.2. The molecule has 1 aliphatic carbocycles. The third-order valence-corrected chi connectivity index (χ3v) is 7.26. The normalized spacial score (nSPS) is 17.0. The van der Waals surface area contributed by atoms with Crippen LogP contribution >= 0.6 is 0 Å². The molecule has 0 unspecified atom stereocenters. The average molecular weight is 527 g/mol. The average Bonchev–Trinajstić information content (AvgIpc) is 3.31. The van der Waals surface area contributed by atoms with Crippen molar-refractivity contribution in [1.29, 1.82) is 0 Å². The predicted molar refractivity (Wildman–Crippen MR) is 151 cm³/mol. The monoisotopic (exact) mass is 526 g/mol. The highest BCUT2D eigenvalue weighted by atomic mass is 19.1. The Bertz CT molecular complexity index is 1470. The van der Waals surface area contributed by atoms with E-state index in [1.54, 1.807) is 47.7 Å². The zero-order chi connectivity index (χ0) is 27.5. The number of hydrogen-bond donors (Lipinski definition) is 0. The molecule has 6 heteroatoms. The molecule has 0 heterocycles. The van der Waals surface area contributed by atoms with Gasteiger partial charge < -0.3 is 23.7 Å². The summed E-state index contributed by atoms with van der Waals surface area (Å²) in [5, 5.41) is 0. The van der Waals surface area contributed by atoms with E-state index in [1.165, 1.54) is 12.1 Å². The van der Waals surface area contributed by atoms with Gasteiger partial charge in [0.25, 0.3) is 0 Å². The summed E-state index contributed by atoms with van der Waals surface area (Å²) in [6.07, 6.45) is 2.11. The molecule has 0 N–H and O–H groups in total. The van der Waals surface area contributed by atoms with E-state index in [1.807, 2.05) is 42.5 Å². The first-order valence-electron chi connectivity index (χ1n) is 12.6. The summed E-state index contributed by atoms with van der Waals surface area (Å²) in [6, 6.07) is 24.5. The van der Waals surface area contributed by atoms with Crippen molar-refractivity contribution in [2.24, 2.45) is 0 Å². The van der Waals surface area contributed by atoms with Crippen LogP contribution in [0.3, 0.4) is 0 Å². The van der Waals surface area contributed by atoms with Gasteiger partial charge in [-0.2, -0.15) is 0 Å². The minimum Gasteiger partial charge on any atom is -0.497 e. The molecule has 0 spiro atoms. The topological polar surface area (TPSA) is 46.2 Å². The predicted octanol–water partition coefficient (Wildman–Crippen LogP) is 7.34. The van der Waals surface area contributed by atoms with Crippen molar-refractivity contribution < 1.29 is 28.1 Å². The fraction of sp³-hybridized carbons (Fsp3) is 0.212. The van der Waals surface area contributed by atoms with Crippen molar-refractivity contribution in [3.63, 3.8) is 0 Å². The smallest absolute Gasteiger partial charge is 0.127 e. The summed E-state index contributed by atoms with van der Waals surface area (Å²) in [6.45, 7) is 0. The van der Waals surface area contributed by atoms with E-state index in [9.17, 15) is 4.39 Å². The van der Waals surface area contributed by atoms with Crippen LogP contribution in [0.15, 0.2) is 78.9 Å². The molecule has 0 radical (unpaired) electrons. The van der Waals surface area contributed by atoms with E-state index in [0.29, 0.717) is 17.2 Å². The Kier molecular flexibility index (Phi) is 7.46. The van der Waals surface area contributed by atoms with E-state index in [4.69, 9.17) is 23.7 Å². The summed E-state index contributed by atoms with van der Waals surface area (Å²) in [4.78, 5) is 0. The van der Waals surface area contributed by atoms with Gasteiger partial charge >= 0.3 is 0 Å². The van der Waals surface area contributed by atoms with Gasteiger partial charge in [0.1, 0.15) is 34.6 Å². The van der Waals surface area contributed by atoms with Gasteiger partial charge in [-0.3, -0.25) is 0 Å². The third-order valence-electron chi connectivity index (χ3n) is 7.26. The Morgan fingerprint density at radius 3 is 1.72 bits per heavy atom. The second-order valence-corrected chi connectivity index (χ2v) is 9.32. The van der Waals surface area contributed by atoms with Crippen LogP contribution in [0.5, 0.6) is 28.7 Å². The Labute approximate surface area is 228 Å². The van der Waals surface area contributed by atoms with Crippen LogP contribution in [0.1, 0.15) is 39.7 Å². The molecule has 200 valence electrons. The second kappa shape index (κ2) is 11.1. The zero-order valence-electron chi connectivity index (χ0n) is 22.7. The van der Waals surface area contributed by atoms with E-state index >= 15 is 0 Å². The maximum absolute atomic E-state index is 13.8. The molecule has 1 aliphatic rings. The van der Waals surface area contributed by atoms with E-state index in [0.717, 1.165) is 44.9 Å². The molecule has 0 fully saturated rings. The summed E-state index contributed by atoms with van der Waals surface area (Å²) < 4.78 is 42.2. The van der Waals surface area contributed by atoms with Gasteiger partial charge in [-0.15, -0.1) is 0 Å². The van der Waals surface area contributed by atoms with Crippen LogP contribution < -0.4 is 23.7 Å². The quantitative estimate of drug-likeness (QED) is 0.240. The van der Waals surface area contributed by atoms with E-state index in [2.05, 4.69) is 18.2 Å². The molecule has 0 bridgehead atoms. The molecule has 0 aromatic heterocycles. The zero-order valence-corrected chi connectivity index (χ0v) is 22.7. The fourth-order valence-electron chi connectivity index (χ4n) is 5.42. The minimum absolute atomic E-state index is 0.115. The molecule has 0 amide bonds. The van der Waals surface area contributed by atoms with Crippen molar-refractivity contribution in [1.82, 2.24) is 0 Å². The van der Waals surface area contributed by atoms with E-state index in [-0.39, 0.29) is 17.7 Å². The Morgan fingerprint density at radius 1 is 0.564 bits per heavy atom. The van der Waals surface area contributed by atoms with Gasteiger partial charge in [0, 0.05) is 29.5 Å². The molecule has 4 aromatic rings. The van der Waals surface area contributed by atoms with Crippen molar-refractivity contribution in [3.05, 3.63) is 112 Å². The molecule has 4 aromatic carbocycles. The standard InChI is InChI=1S/C33H31FO5/c1-35-24-12-8-21(9-13-24)32-31(22-15-25(36-2)17-26(16-22)37-3)28(14-20-6-10-23(34)11-7-20)29-18-27(38-4)19-30(39-5)33(29)32/h6-19,31-32H,1-5H3/b28-14-/t31-,32+/m1/s1. The van der Waals surface area contributed by atoms with Crippen LogP contribution in [0.2, 0.25) is 0 Å². The highest BCUT2D eigenvalue weighted by molar-refractivity contribution is 5.93. The molecule has 0 saturated carbocycles. The second-order valence-electron chi connectivity index (χ2n) is 9.32.